The van der Waals surface area contributed by atoms with Gasteiger partial charge in [-0.05, 0) is 33.1 Å². The predicted octanol–water partition coefficient (Wildman–Crippen LogP) is 2.17. The number of aryl methyl sites for hydroxylation is 1. The summed E-state index contributed by atoms with van der Waals surface area (Å²) >= 11 is 0. The third-order valence-corrected chi connectivity index (χ3v) is 3.91. The van der Waals surface area contributed by atoms with Crippen LogP contribution in [0.5, 0.6) is 5.75 Å². The molecule has 1 fully saturated rings. The highest BCUT2D eigenvalue weighted by Crippen LogP contribution is 2.29. The second-order valence-corrected chi connectivity index (χ2v) is 5.71. The Bertz CT molecular complexity index is 527. The van der Waals surface area contributed by atoms with Gasteiger partial charge in [0.25, 0.3) is 0 Å². The van der Waals surface area contributed by atoms with Gasteiger partial charge in [-0.2, -0.15) is 0 Å². The first-order chi connectivity index (χ1) is 10.1. The molecular weight excluding hydrogens is 264 g/mol. The standard InChI is InChI=1S/C16H26N4O/c1-6-17-16(20-13-7-10(13)2)19-9-14-12(4)15(21-5)11(3)8-18-14/h8,10,13H,6-7,9H2,1-5H3,(H2,17,19,20). The fourth-order valence-electron chi connectivity index (χ4n) is 2.40. The van der Waals surface area contributed by atoms with Crippen molar-refractivity contribution in [3.8, 4) is 5.75 Å². The van der Waals surface area contributed by atoms with E-state index in [0.29, 0.717) is 12.6 Å². The quantitative estimate of drug-likeness (QED) is 0.644. The lowest BCUT2D eigenvalue weighted by Crippen LogP contribution is -2.39. The summed E-state index contributed by atoms with van der Waals surface area (Å²) in [6.07, 6.45) is 3.07. The highest BCUT2D eigenvalue weighted by atomic mass is 16.5. The zero-order valence-corrected chi connectivity index (χ0v) is 13.7. The van der Waals surface area contributed by atoms with Gasteiger partial charge in [0.05, 0.1) is 19.3 Å². The number of ether oxygens (including phenoxy) is 1. The molecule has 1 heterocycles. The van der Waals surface area contributed by atoms with Gasteiger partial charge in [0.2, 0.25) is 0 Å². The molecule has 0 radical (unpaired) electrons. The third-order valence-electron chi connectivity index (χ3n) is 3.91. The topological polar surface area (TPSA) is 58.5 Å². The molecule has 5 nitrogen and oxygen atoms in total. The number of nitrogens with zero attached hydrogens (tertiary/aromatic N) is 2. The van der Waals surface area contributed by atoms with E-state index < -0.39 is 0 Å². The fraction of sp³-hybridized carbons (Fsp3) is 0.625. The SMILES string of the molecule is CCNC(=NCc1ncc(C)c(OC)c1C)NC1CC1C. The summed E-state index contributed by atoms with van der Waals surface area (Å²) in [6.45, 7) is 9.78. The van der Waals surface area contributed by atoms with Crippen LogP contribution in [0.25, 0.3) is 0 Å². The number of pyridine rings is 1. The number of guanidine groups is 1. The molecule has 21 heavy (non-hydrogen) atoms. The maximum atomic E-state index is 5.44. The van der Waals surface area contributed by atoms with E-state index in [2.05, 4.69) is 34.5 Å². The van der Waals surface area contributed by atoms with E-state index in [9.17, 15) is 0 Å². The maximum absolute atomic E-state index is 5.44. The third kappa shape index (κ3) is 3.86. The van der Waals surface area contributed by atoms with E-state index >= 15 is 0 Å². The van der Waals surface area contributed by atoms with Crippen molar-refractivity contribution in [2.45, 2.75) is 46.7 Å². The van der Waals surface area contributed by atoms with Crippen LogP contribution in [0, 0.1) is 19.8 Å². The molecule has 0 spiro atoms. The molecule has 2 rings (SSSR count). The molecule has 1 saturated carbocycles. The van der Waals surface area contributed by atoms with Gasteiger partial charge >= 0.3 is 0 Å². The van der Waals surface area contributed by atoms with E-state index in [-0.39, 0.29) is 0 Å². The summed E-state index contributed by atoms with van der Waals surface area (Å²) < 4.78 is 5.44. The predicted molar refractivity (Wildman–Crippen MR) is 85.8 cm³/mol. The molecular formula is C16H26N4O. The molecule has 1 aliphatic carbocycles. The van der Waals surface area contributed by atoms with Crippen LogP contribution in [0.15, 0.2) is 11.2 Å². The lowest BCUT2D eigenvalue weighted by Gasteiger charge is -2.13. The van der Waals surface area contributed by atoms with E-state index in [1.165, 1.54) is 6.42 Å². The van der Waals surface area contributed by atoms with Crippen LogP contribution < -0.4 is 15.4 Å². The molecule has 5 heteroatoms. The second-order valence-electron chi connectivity index (χ2n) is 5.71. The first kappa shape index (κ1) is 15.6. The van der Waals surface area contributed by atoms with Crippen molar-refractivity contribution in [2.24, 2.45) is 10.9 Å². The molecule has 2 atom stereocenters. The number of hydrogen-bond acceptors (Lipinski definition) is 3. The van der Waals surface area contributed by atoms with Gasteiger partial charge in [-0.3, -0.25) is 4.98 Å². The van der Waals surface area contributed by atoms with Crippen molar-refractivity contribution in [1.82, 2.24) is 15.6 Å². The van der Waals surface area contributed by atoms with Crippen LogP contribution in [0.4, 0.5) is 0 Å². The molecule has 0 saturated heterocycles. The van der Waals surface area contributed by atoms with Crippen molar-refractivity contribution >= 4 is 5.96 Å². The summed E-state index contributed by atoms with van der Waals surface area (Å²) in [5.41, 5.74) is 3.08. The molecule has 1 aliphatic rings. The molecule has 0 bridgehead atoms. The Balaban J connectivity index is 2.09. The zero-order chi connectivity index (χ0) is 15.4. The minimum atomic E-state index is 0.554. The van der Waals surface area contributed by atoms with Crippen LogP contribution in [0.3, 0.4) is 0 Å². The summed E-state index contributed by atoms with van der Waals surface area (Å²) in [5, 5.41) is 6.74. The largest absolute Gasteiger partial charge is 0.496 e. The van der Waals surface area contributed by atoms with Crippen molar-refractivity contribution < 1.29 is 4.74 Å². The van der Waals surface area contributed by atoms with Crippen molar-refractivity contribution in [3.63, 3.8) is 0 Å². The number of rotatable bonds is 5. The van der Waals surface area contributed by atoms with Gasteiger partial charge in [0, 0.05) is 29.9 Å². The Labute approximate surface area is 127 Å². The highest BCUT2D eigenvalue weighted by Gasteiger charge is 2.33. The van der Waals surface area contributed by atoms with Gasteiger partial charge in [0.15, 0.2) is 5.96 Å². The van der Waals surface area contributed by atoms with Crippen molar-refractivity contribution in [3.05, 3.63) is 23.0 Å². The smallest absolute Gasteiger partial charge is 0.191 e. The van der Waals surface area contributed by atoms with Gasteiger partial charge in [-0.1, -0.05) is 6.92 Å². The van der Waals surface area contributed by atoms with Crippen LogP contribution in [0.1, 0.15) is 37.1 Å². The van der Waals surface area contributed by atoms with Gasteiger partial charge in [0.1, 0.15) is 5.75 Å². The maximum Gasteiger partial charge on any atom is 0.191 e. The first-order valence-electron chi connectivity index (χ1n) is 7.60. The molecule has 0 aliphatic heterocycles. The Hall–Kier alpha value is -1.78. The van der Waals surface area contributed by atoms with Gasteiger partial charge in [-0.25, -0.2) is 4.99 Å². The van der Waals surface area contributed by atoms with Crippen LogP contribution in [-0.2, 0) is 6.54 Å². The minimum absolute atomic E-state index is 0.554. The first-order valence-corrected chi connectivity index (χ1v) is 7.60. The van der Waals surface area contributed by atoms with Crippen LogP contribution in [-0.4, -0.2) is 30.6 Å². The van der Waals surface area contributed by atoms with Crippen molar-refractivity contribution in [1.29, 1.82) is 0 Å². The van der Waals surface area contributed by atoms with E-state index in [1.807, 2.05) is 20.0 Å². The fourth-order valence-corrected chi connectivity index (χ4v) is 2.40. The summed E-state index contributed by atoms with van der Waals surface area (Å²) in [6, 6.07) is 0.560. The molecule has 2 unspecified atom stereocenters. The average Bonchev–Trinajstić information content (AvgIpc) is 3.14. The molecule has 116 valence electrons. The average molecular weight is 290 g/mol. The van der Waals surface area contributed by atoms with Gasteiger partial charge in [-0.15, -0.1) is 0 Å². The molecule has 0 amide bonds. The van der Waals surface area contributed by atoms with E-state index in [0.717, 1.165) is 41.0 Å². The molecule has 0 aromatic carbocycles. The number of hydrogen-bond donors (Lipinski definition) is 2. The summed E-state index contributed by atoms with van der Waals surface area (Å²) in [5.74, 6) is 2.52. The molecule has 1 aromatic rings. The Kier molecular flexibility index (Phi) is 5.04. The second kappa shape index (κ2) is 6.78. The normalized spacial score (nSPS) is 21.1. The minimum Gasteiger partial charge on any atom is -0.496 e. The van der Waals surface area contributed by atoms with E-state index in [1.54, 1.807) is 7.11 Å². The number of aliphatic imine (C=N–C) groups is 1. The Morgan fingerprint density at radius 2 is 2.19 bits per heavy atom. The Morgan fingerprint density at radius 3 is 2.76 bits per heavy atom. The lowest BCUT2D eigenvalue weighted by molar-refractivity contribution is 0.407. The van der Waals surface area contributed by atoms with Crippen molar-refractivity contribution in [2.75, 3.05) is 13.7 Å². The molecule has 2 N–H and O–H groups in total. The monoisotopic (exact) mass is 290 g/mol. The van der Waals surface area contributed by atoms with Gasteiger partial charge < -0.3 is 15.4 Å². The summed E-state index contributed by atoms with van der Waals surface area (Å²) in [4.78, 5) is 9.13. The van der Waals surface area contributed by atoms with E-state index in [4.69, 9.17) is 4.74 Å². The number of nitrogens with one attached hydrogen (secondary N) is 2. The number of methoxy groups -OCH3 is 1. The van der Waals surface area contributed by atoms with Crippen LogP contribution >= 0.6 is 0 Å². The highest BCUT2D eigenvalue weighted by molar-refractivity contribution is 5.80. The number of aromatic nitrogens is 1. The Morgan fingerprint density at radius 1 is 1.48 bits per heavy atom. The summed E-state index contributed by atoms with van der Waals surface area (Å²) in [7, 11) is 1.70. The molecule has 1 aromatic heterocycles. The lowest BCUT2D eigenvalue weighted by atomic mass is 10.1. The zero-order valence-electron chi connectivity index (χ0n) is 13.7. The van der Waals surface area contributed by atoms with Crippen LogP contribution in [0.2, 0.25) is 0 Å².